The zero-order valence-electron chi connectivity index (χ0n) is 20.4. The molecule has 0 radical (unpaired) electrons. The number of amides is 2. The number of nitrogens with zero attached hydrogens (tertiary/aromatic N) is 3. The summed E-state index contributed by atoms with van der Waals surface area (Å²) >= 11 is 0. The number of hydrogen-bond donors (Lipinski definition) is 1. The largest absolute Gasteiger partial charge is 0.348 e. The molecule has 1 atom stereocenters. The van der Waals surface area contributed by atoms with Crippen molar-refractivity contribution in [1.29, 1.82) is 0 Å². The van der Waals surface area contributed by atoms with Crippen molar-refractivity contribution in [3.8, 4) is 0 Å². The lowest BCUT2D eigenvalue weighted by Gasteiger charge is -2.31. The summed E-state index contributed by atoms with van der Waals surface area (Å²) in [6.07, 6.45) is 3.81. The van der Waals surface area contributed by atoms with E-state index in [0.717, 1.165) is 25.5 Å². The van der Waals surface area contributed by atoms with E-state index in [1.165, 1.54) is 18.3 Å². The summed E-state index contributed by atoms with van der Waals surface area (Å²) in [5, 5.41) is 2.98. The monoisotopic (exact) mass is 486 g/mol. The number of pyridine rings is 1. The van der Waals surface area contributed by atoms with Crippen molar-refractivity contribution in [2.75, 3.05) is 33.7 Å². The van der Waals surface area contributed by atoms with Crippen LogP contribution in [0.25, 0.3) is 0 Å². The van der Waals surface area contributed by atoms with Crippen molar-refractivity contribution in [2.45, 2.75) is 38.6 Å². The third-order valence-corrected chi connectivity index (χ3v) is 6.35. The van der Waals surface area contributed by atoms with Crippen LogP contribution in [0.1, 0.15) is 63.8 Å². The Hall–Kier alpha value is -3.20. The van der Waals surface area contributed by atoms with Crippen LogP contribution in [0, 0.1) is 17.6 Å². The quantitative estimate of drug-likeness (QED) is 0.548. The molecule has 188 valence electrons. The first-order valence-electron chi connectivity index (χ1n) is 11.9. The predicted molar refractivity (Wildman–Crippen MR) is 128 cm³/mol. The van der Waals surface area contributed by atoms with Crippen molar-refractivity contribution >= 4 is 17.6 Å². The molecule has 1 saturated heterocycles. The molecule has 7 nitrogen and oxygen atoms in total. The summed E-state index contributed by atoms with van der Waals surface area (Å²) < 4.78 is 27.1. The second kappa shape index (κ2) is 12.0. The highest BCUT2D eigenvalue weighted by Crippen LogP contribution is 2.24. The van der Waals surface area contributed by atoms with Crippen LogP contribution in [0.2, 0.25) is 0 Å². The molecule has 0 bridgehead atoms. The zero-order valence-corrected chi connectivity index (χ0v) is 20.4. The minimum atomic E-state index is -0.869. The lowest BCUT2D eigenvalue weighted by molar-refractivity contribution is 0.0648. The molecular weight excluding hydrogens is 454 g/mol. The summed E-state index contributed by atoms with van der Waals surface area (Å²) in [7, 11) is 3.97. The van der Waals surface area contributed by atoms with Crippen LogP contribution in [-0.2, 0) is 0 Å². The molecule has 0 aliphatic carbocycles. The number of piperidine rings is 1. The Morgan fingerprint density at radius 1 is 1.14 bits per heavy atom. The standard InChI is InChI=1S/C26H32F2N4O3/c1-4-20(11-12-31(2)3)30-25(34)23-8-5-18(16-29-23)26(35)32-13-9-17(10-14-32)24(33)21-7-6-19(27)15-22(21)28/h5-8,15-17,20H,4,9-14H2,1-3H3,(H,30,34). The summed E-state index contributed by atoms with van der Waals surface area (Å²) in [5.74, 6) is -2.91. The first-order chi connectivity index (χ1) is 16.7. The Balaban J connectivity index is 1.55. The smallest absolute Gasteiger partial charge is 0.270 e. The lowest BCUT2D eigenvalue weighted by Crippen LogP contribution is -2.40. The minimum Gasteiger partial charge on any atom is -0.348 e. The van der Waals surface area contributed by atoms with E-state index in [2.05, 4.69) is 15.2 Å². The maximum atomic E-state index is 14.0. The number of carbonyl (C=O) groups is 3. The number of halogens is 2. The van der Waals surface area contributed by atoms with Gasteiger partial charge in [-0.25, -0.2) is 8.78 Å². The third-order valence-electron chi connectivity index (χ3n) is 6.35. The van der Waals surface area contributed by atoms with Gasteiger partial charge in [-0.15, -0.1) is 0 Å². The number of nitrogens with one attached hydrogen (secondary N) is 1. The Labute approximate surface area is 204 Å². The van der Waals surface area contributed by atoms with Gasteiger partial charge in [0.05, 0.1) is 11.1 Å². The van der Waals surface area contributed by atoms with E-state index in [-0.39, 0.29) is 34.9 Å². The van der Waals surface area contributed by atoms with E-state index in [9.17, 15) is 23.2 Å². The van der Waals surface area contributed by atoms with Crippen molar-refractivity contribution in [1.82, 2.24) is 20.1 Å². The van der Waals surface area contributed by atoms with E-state index >= 15 is 0 Å². The fourth-order valence-electron chi connectivity index (χ4n) is 4.14. The van der Waals surface area contributed by atoms with Gasteiger partial charge in [-0.1, -0.05) is 6.92 Å². The molecule has 1 aliphatic heterocycles. The first-order valence-corrected chi connectivity index (χ1v) is 11.9. The predicted octanol–water partition coefficient (Wildman–Crippen LogP) is 3.56. The number of ketones is 1. The van der Waals surface area contributed by atoms with Crippen LogP contribution in [-0.4, -0.2) is 72.2 Å². The first kappa shape index (κ1) is 26.4. The van der Waals surface area contributed by atoms with Crippen molar-refractivity contribution in [3.05, 3.63) is 65.0 Å². The van der Waals surface area contributed by atoms with Crippen LogP contribution in [0.5, 0.6) is 0 Å². The summed E-state index contributed by atoms with van der Waals surface area (Å²) in [5.41, 5.74) is 0.479. The van der Waals surface area contributed by atoms with Crippen molar-refractivity contribution in [2.24, 2.45) is 5.92 Å². The molecule has 1 unspecified atom stereocenters. The number of carbonyl (C=O) groups excluding carboxylic acids is 3. The normalized spacial score (nSPS) is 15.2. The molecule has 1 N–H and O–H groups in total. The van der Waals surface area contributed by atoms with Gasteiger partial charge in [-0.2, -0.15) is 0 Å². The van der Waals surface area contributed by atoms with E-state index in [4.69, 9.17) is 0 Å². The SMILES string of the molecule is CCC(CCN(C)C)NC(=O)c1ccc(C(=O)N2CCC(C(=O)c3ccc(F)cc3F)CC2)cn1. The van der Waals surface area contributed by atoms with Crippen LogP contribution in [0.3, 0.4) is 0 Å². The van der Waals surface area contributed by atoms with E-state index in [1.807, 2.05) is 21.0 Å². The summed E-state index contributed by atoms with van der Waals surface area (Å²) in [4.78, 5) is 45.9. The van der Waals surface area contributed by atoms with Gasteiger partial charge < -0.3 is 15.1 Å². The Morgan fingerprint density at radius 3 is 2.43 bits per heavy atom. The van der Waals surface area contributed by atoms with E-state index in [0.29, 0.717) is 37.6 Å². The molecule has 1 fully saturated rings. The molecule has 1 aliphatic rings. The van der Waals surface area contributed by atoms with Gasteiger partial charge in [-0.05, 0) is 70.6 Å². The molecule has 35 heavy (non-hydrogen) atoms. The summed E-state index contributed by atoms with van der Waals surface area (Å²) in [6.45, 7) is 3.55. The molecule has 3 rings (SSSR count). The Bertz CT molecular complexity index is 1050. The molecule has 9 heteroatoms. The number of aromatic nitrogens is 1. The van der Waals surface area contributed by atoms with E-state index in [1.54, 1.807) is 11.0 Å². The number of rotatable bonds is 9. The highest BCUT2D eigenvalue weighted by atomic mass is 19.1. The Morgan fingerprint density at radius 2 is 1.86 bits per heavy atom. The molecule has 1 aromatic carbocycles. The molecule has 2 heterocycles. The Kier molecular flexibility index (Phi) is 9.03. The molecule has 1 aromatic heterocycles. The average Bonchev–Trinajstić information content (AvgIpc) is 2.85. The summed E-state index contributed by atoms with van der Waals surface area (Å²) in [6, 6.07) is 6.09. The van der Waals surface area contributed by atoms with E-state index < -0.39 is 17.6 Å². The highest BCUT2D eigenvalue weighted by Gasteiger charge is 2.30. The van der Waals surface area contributed by atoms with Crippen LogP contribution < -0.4 is 5.32 Å². The zero-order chi connectivity index (χ0) is 25.5. The number of hydrogen-bond acceptors (Lipinski definition) is 5. The second-order valence-corrected chi connectivity index (χ2v) is 9.16. The number of Topliss-reactive ketones (excluding diaryl/α,β-unsaturated/α-hetero) is 1. The highest BCUT2D eigenvalue weighted by molar-refractivity contribution is 5.99. The molecule has 2 aromatic rings. The van der Waals surface area contributed by atoms with Gasteiger partial charge in [0, 0.05) is 37.3 Å². The van der Waals surface area contributed by atoms with Gasteiger partial charge in [0.15, 0.2) is 5.78 Å². The average molecular weight is 487 g/mol. The van der Waals surface area contributed by atoms with Gasteiger partial charge >= 0.3 is 0 Å². The lowest BCUT2D eigenvalue weighted by atomic mass is 9.88. The van der Waals surface area contributed by atoms with Crippen molar-refractivity contribution in [3.63, 3.8) is 0 Å². The number of benzene rings is 1. The van der Waals surface area contributed by atoms with Gasteiger partial charge in [0.25, 0.3) is 11.8 Å². The van der Waals surface area contributed by atoms with Gasteiger partial charge in [0.1, 0.15) is 17.3 Å². The maximum Gasteiger partial charge on any atom is 0.270 e. The maximum absolute atomic E-state index is 14.0. The van der Waals surface area contributed by atoms with Crippen LogP contribution in [0.4, 0.5) is 8.78 Å². The molecule has 0 saturated carbocycles. The minimum absolute atomic E-state index is 0.0420. The van der Waals surface area contributed by atoms with Gasteiger partial charge in [0.2, 0.25) is 0 Å². The molecule has 0 spiro atoms. The second-order valence-electron chi connectivity index (χ2n) is 9.16. The van der Waals surface area contributed by atoms with Gasteiger partial charge in [-0.3, -0.25) is 19.4 Å². The van der Waals surface area contributed by atoms with Crippen LogP contribution >= 0.6 is 0 Å². The third kappa shape index (κ3) is 6.91. The fourth-order valence-corrected chi connectivity index (χ4v) is 4.14. The molecular formula is C26H32F2N4O3. The van der Waals surface area contributed by atoms with Crippen LogP contribution in [0.15, 0.2) is 36.5 Å². The fraction of sp³-hybridized carbons (Fsp3) is 0.462. The van der Waals surface area contributed by atoms with Crippen molar-refractivity contribution < 1.29 is 23.2 Å². The number of likely N-dealkylation sites (tertiary alicyclic amines) is 1. The topological polar surface area (TPSA) is 82.6 Å². The molecule has 2 amide bonds.